The molecule has 12 heavy (non-hydrogen) atoms. The van der Waals surface area contributed by atoms with Crippen LogP contribution in [0.2, 0.25) is 0 Å². The van der Waals surface area contributed by atoms with E-state index in [0.717, 1.165) is 0 Å². The van der Waals surface area contributed by atoms with Crippen LogP contribution in [0.4, 0.5) is 0 Å². The van der Waals surface area contributed by atoms with Crippen molar-refractivity contribution in [2.75, 3.05) is 6.61 Å². The van der Waals surface area contributed by atoms with E-state index in [1.807, 2.05) is 0 Å². The van der Waals surface area contributed by atoms with E-state index in [9.17, 15) is 9.59 Å². The van der Waals surface area contributed by atoms with E-state index in [0.29, 0.717) is 19.4 Å². The van der Waals surface area contributed by atoms with Crippen LogP contribution in [0.1, 0.15) is 6.92 Å². The molecule has 0 heterocycles. The van der Waals surface area contributed by atoms with Gasteiger partial charge < -0.3 is 24.8 Å². The van der Waals surface area contributed by atoms with E-state index in [4.69, 9.17) is 3.32 Å². The number of hydrogen-bond donors (Lipinski definition) is 2. The minimum absolute atomic E-state index is 0. The first kappa shape index (κ1) is 18.1. The molecule has 0 saturated heterocycles. The van der Waals surface area contributed by atoms with Crippen LogP contribution in [-0.2, 0) is 31.7 Å². The fraction of sp³-hybridized carbons (Fsp3) is 0.500. The maximum atomic E-state index is 9.86. The van der Waals surface area contributed by atoms with Gasteiger partial charge in [-0.1, -0.05) is 0 Å². The van der Waals surface area contributed by atoms with Gasteiger partial charge in [-0.25, -0.2) is 0 Å². The standard InChI is InChI=1S/C2H5O.2CH3NO.2ClH.Ti/c1-2-3;2*2-1-3;;;/h2H2,1H3;2*1H,(H2,2,3);2*1H;/q-1;;;;;+5/p-4. The third-order valence-electron chi connectivity index (χ3n) is 0.669. The van der Waals surface area contributed by atoms with E-state index in [2.05, 4.69) is 7.60 Å². The fourth-order valence-electron chi connectivity index (χ4n) is 0.376. The molecule has 8 heteroatoms. The summed E-state index contributed by atoms with van der Waals surface area (Å²) in [4.78, 5) is 19.7. The average Bonchev–Trinajstić information content (AvgIpc) is 1.90. The first-order chi connectivity index (χ1) is 4.85. The van der Waals surface area contributed by atoms with Gasteiger partial charge in [-0.2, -0.15) is 0 Å². The Morgan fingerprint density at radius 2 is 1.67 bits per heavy atom. The Morgan fingerprint density at radius 1 is 1.25 bits per heavy atom. The summed E-state index contributed by atoms with van der Waals surface area (Å²) in [6.07, 6.45) is 1.06. The zero-order valence-electron chi connectivity index (χ0n) is 6.34. The first-order valence-corrected chi connectivity index (χ1v) is 4.95. The predicted molar refractivity (Wildman–Crippen MR) is 30.0 cm³/mol. The summed E-state index contributed by atoms with van der Waals surface area (Å²) in [6.45, 7) is 2.29. The van der Waals surface area contributed by atoms with Crippen molar-refractivity contribution in [2.24, 2.45) is 0 Å². The smallest absolute Gasteiger partial charge is 1.00 e. The molecule has 0 aliphatic carbocycles. The minimum Gasteiger partial charge on any atom is -1.00 e. The molecule has 2 N–H and O–H groups in total. The zero-order valence-corrected chi connectivity index (χ0v) is 9.42. The molecule has 0 aromatic heterocycles. The number of rotatable bonds is 6. The van der Waals surface area contributed by atoms with E-state index in [1.165, 1.54) is 0 Å². The van der Waals surface area contributed by atoms with Crippen molar-refractivity contribution in [2.45, 2.75) is 6.92 Å². The molecule has 5 nitrogen and oxygen atoms in total. The van der Waals surface area contributed by atoms with Crippen molar-refractivity contribution < 1.29 is 56.5 Å². The Hall–Kier alpha value is 0.194. The van der Waals surface area contributed by atoms with Crippen LogP contribution in [0.25, 0.3) is 0 Å². The van der Waals surface area contributed by atoms with Crippen LogP contribution in [0, 0.1) is 0 Å². The Bertz CT molecular complexity index is 108. The summed E-state index contributed by atoms with van der Waals surface area (Å²) in [5.41, 5.74) is 0. The Labute approximate surface area is 90.4 Å². The van der Waals surface area contributed by atoms with Crippen molar-refractivity contribution >= 4 is 12.8 Å². The molecule has 0 aliphatic rings. The number of nitrogens with one attached hydrogen (secondary N) is 2. The topological polar surface area (TPSA) is 67.4 Å². The summed E-state index contributed by atoms with van der Waals surface area (Å²) < 4.78 is 9.82. The number of hydrogen-bond acceptors (Lipinski definition) is 3. The van der Waals surface area contributed by atoms with Crippen LogP contribution < -0.4 is 32.4 Å². The molecule has 0 aromatic carbocycles. The molecule has 0 aliphatic heterocycles. The molecule has 0 aromatic rings. The molecule has 0 bridgehead atoms. The third kappa shape index (κ3) is 10.2. The minimum atomic E-state index is -2.22. The van der Waals surface area contributed by atoms with Gasteiger partial charge in [-0.3, -0.25) is 0 Å². The molecule has 71 valence electrons. The molecule has 0 rings (SSSR count). The molecule has 0 fully saturated rings. The van der Waals surface area contributed by atoms with Gasteiger partial charge in [0.15, 0.2) is 0 Å². The number of amides is 2. The summed E-state index contributed by atoms with van der Waals surface area (Å²) in [7, 11) is 0. The van der Waals surface area contributed by atoms with E-state index in [1.54, 1.807) is 6.92 Å². The molecular weight excluding hydrogens is 243 g/mol. The van der Waals surface area contributed by atoms with Crippen LogP contribution in [-0.4, -0.2) is 19.4 Å². The molecule has 0 saturated carbocycles. The second-order valence-electron chi connectivity index (χ2n) is 1.29. The van der Waals surface area contributed by atoms with Crippen LogP contribution in [0.3, 0.4) is 0 Å². The van der Waals surface area contributed by atoms with Gasteiger partial charge in [0, 0.05) is 0 Å². The van der Waals surface area contributed by atoms with Gasteiger partial charge in [-0.15, -0.1) is 0 Å². The third-order valence-corrected chi connectivity index (χ3v) is 2.76. The Morgan fingerprint density at radius 3 is 1.92 bits per heavy atom. The predicted octanol–water partition coefficient (Wildman–Crippen LogP) is -7.11. The largest absolute Gasteiger partial charge is 1.00 e. The van der Waals surface area contributed by atoms with Crippen LogP contribution in [0.5, 0.6) is 0 Å². The Balaban J connectivity index is -0.000000405. The first-order valence-electron chi connectivity index (χ1n) is 2.75. The number of halogens is 2. The van der Waals surface area contributed by atoms with E-state index >= 15 is 0 Å². The fourth-order valence-corrected chi connectivity index (χ4v) is 1.55. The van der Waals surface area contributed by atoms with E-state index in [-0.39, 0.29) is 24.8 Å². The van der Waals surface area contributed by atoms with Gasteiger partial charge in [0.05, 0.1) is 0 Å². The molecule has 2 amide bonds. The van der Waals surface area contributed by atoms with Gasteiger partial charge in [0.2, 0.25) is 0 Å². The summed E-state index contributed by atoms with van der Waals surface area (Å²) in [6, 6.07) is 0. The summed E-state index contributed by atoms with van der Waals surface area (Å²) in [5.74, 6) is 0. The van der Waals surface area contributed by atoms with Gasteiger partial charge in [0.1, 0.15) is 0 Å². The van der Waals surface area contributed by atoms with Gasteiger partial charge in [-0.05, 0) is 0 Å². The molecule has 0 spiro atoms. The van der Waals surface area contributed by atoms with Gasteiger partial charge >= 0.3 is 65.6 Å². The summed E-state index contributed by atoms with van der Waals surface area (Å²) >= 11 is -2.22. The molecule has 0 atom stereocenters. The maximum absolute atomic E-state index is 9.86. The quantitative estimate of drug-likeness (QED) is 0.364. The number of carbonyl (C=O) groups is 2. The van der Waals surface area contributed by atoms with Crippen LogP contribution >= 0.6 is 0 Å². The maximum Gasteiger partial charge on any atom is -1.00 e. The van der Waals surface area contributed by atoms with Crippen molar-refractivity contribution in [3.8, 4) is 0 Å². The van der Waals surface area contributed by atoms with Crippen molar-refractivity contribution in [3.05, 3.63) is 0 Å². The number of carbonyl (C=O) groups excluding carboxylic acids is 2. The summed E-state index contributed by atoms with van der Waals surface area (Å²) in [5, 5.41) is 0. The normalized spacial score (nSPS) is 6.75. The van der Waals surface area contributed by atoms with E-state index < -0.39 is 18.8 Å². The van der Waals surface area contributed by atoms with Gasteiger partial charge in [0.25, 0.3) is 0 Å². The van der Waals surface area contributed by atoms with Crippen molar-refractivity contribution in [1.82, 2.24) is 7.60 Å². The monoisotopic (exact) mass is 251 g/mol. The van der Waals surface area contributed by atoms with Crippen LogP contribution in [0.15, 0.2) is 0 Å². The molecule has 0 radical (unpaired) electrons. The zero-order chi connectivity index (χ0) is 7.82. The Kier molecular flexibility index (Phi) is 20.7. The second-order valence-corrected chi connectivity index (χ2v) is 3.67. The SMILES string of the molecule is CC[O][Ti+2]([NH]C=O)[NH]C=O.[Cl-].[Cl-]. The second kappa shape index (κ2) is 13.8. The van der Waals surface area contributed by atoms with Crippen molar-refractivity contribution in [3.63, 3.8) is 0 Å². The molecular formula is C4H9Cl2N2O3Ti. The molecule has 0 unspecified atom stereocenters. The van der Waals surface area contributed by atoms with Crippen molar-refractivity contribution in [1.29, 1.82) is 0 Å². The average molecular weight is 252 g/mol.